The van der Waals surface area contributed by atoms with E-state index in [1.165, 1.54) is 12.3 Å². The molecule has 0 saturated carbocycles. The van der Waals surface area contributed by atoms with Crippen molar-refractivity contribution in [2.75, 3.05) is 5.32 Å². The summed E-state index contributed by atoms with van der Waals surface area (Å²) in [5.74, 6) is -0.682. The van der Waals surface area contributed by atoms with Crippen LogP contribution in [0.1, 0.15) is 20.8 Å². The van der Waals surface area contributed by atoms with E-state index in [0.717, 1.165) is 16.9 Å². The lowest BCUT2D eigenvalue weighted by Gasteiger charge is -2.08. The summed E-state index contributed by atoms with van der Waals surface area (Å²) in [5, 5.41) is 12.5. The Labute approximate surface area is 142 Å². The third kappa shape index (κ3) is 3.34. The summed E-state index contributed by atoms with van der Waals surface area (Å²) in [6.07, 6.45) is 1.44. The molecular formula is C18H15FN2O2S. The number of carbonyl (C=O) groups excluding carboxylic acids is 1. The van der Waals surface area contributed by atoms with Crippen LogP contribution in [0, 0.1) is 12.7 Å². The van der Waals surface area contributed by atoms with Crippen LogP contribution < -0.4 is 5.32 Å². The lowest BCUT2D eigenvalue weighted by atomic mass is 10.1. The quantitative estimate of drug-likeness (QED) is 0.753. The highest BCUT2D eigenvalue weighted by atomic mass is 32.1. The second-order valence-electron chi connectivity index (χ2n) is 5.27. The summed E-state index contributed by atoms with van der Waals surface area (Å²) < 4.78 is 13.8. The smallest absolute Gasteiger partial charge is 0.267 e. The highest BCUT2D eigenvalue weighted by Gasteiger charge is 2.15. The van der Waals surface area contributed by atoms with Crippen molar-refractivity contribution in [3.8, 4) is 10.6 Å². The van der Waals surface area contributed by atoms with Crippen molar-refractivity contribution in [3.63, 3.8) is 0 Å². The fourth-order valence-electron chi connectivity index (χ4n) is 2.22. The van der Waals surface area contributed by atoms with Crippen molar-refractivity contribution in [2.45, 2.75) is 13.5 Å². The Morgan fingerprint density at radius 2 is 2.08 bits per heavy atom. The van der Waals surface area contributed by atoms with E-state index < -0.39 is 0 Å². The first-order valence-corrected chi connectivity index (χ1v) is 8.12. The van der Waals surface area contributed by atoms with Gasteiger partial charge < -0.3 is 10.4 Å². The fraction of sp³-hybridized carbons (Fsp3) is 0.111. The summed E-state index contributed by atoms with van der Waals surface area (Å²) in [5.41, 5.74) is 2.61. The van der Waals surface area contributed by atoms with Gasteiger partial charge in [-0.05, 0) is 36.2 Å². The Hall–Kier alpha value is -2.57. The first-order valence-electron chi connectivity index (χ1n) is 7.31. The van der Waals surface area contributed by atoms with Crippen molar-refractivity contribution in [1.82, 2.24) is 4.98 Å². The number of benzene rings is 2. The molecule has 0 bridgehead atoms. The number of nitrogens with zero attached hydrogens (tertiary/aromatic N) is 1. The number of thiazole rings is 1. The van der Waals surface area contributed by atoms with E-state index in [2.05, 4.69) is 10.3 Å². The number of hydrogen-bond acceptors (Lipinski definition) is 4. The molecule has 3 aromatic rings. The molecule has 2 N–H and O–H groups in total. The van der Waals surface area contributed by atoms with Gasteiger partial charge in [0, 0.05) is 11.3 Å². The maximum absolute atomic E-state index is 13.8. The molecule has 2 aromatic carbocycles. The largest absolute Gasteiger partial charge is 0.392 e. The molecule has 3 rings (SSSR count). The zero-order valence-corrected chi connectivity index (χ0v) is 13.7. The SMILES string of the molecule is Cc1ccc(CO)cc1NC(=O)c1cnc(-c2ccccc2F)s1. The highest BCUT2D eigenvalue weighted by molar-refractivity contribution is 7.17. The van der Waals surface area contributed by atoms with E-state index in [-0.39, 0.29) is 18.3 Å². The topological polar surface area (TPSA) is 62.2 Å². The summed E-state index contributed by atoms with van der Waals surface area (Å²) in [6, 6.07) is 11.7. The predicted octanol–water partition coefficient (Wildman–Crippen LogP) is 4.00. The summed E-state index contributed by atoms with van der Waals surface area (Å²) in [4.78, 5) is 16.9. The Balaban J connectivity index is 1.83. The van der Waals surface area contributed by atoms with Crippen LogP contribution >= 0.6 is 11.3 Å². The molecule has 122 valence electrons. The van der Waals surface area contributed by atoms with Gasteiger partial charge in [0.05, 0.1) is 12.8 Å². The molecule has 24 heavy (non-hydrogen) atoms. The van der Waals surface area contributed by atoms with Gasteiger partial charge in [-0.3, -0.25) is 4.79 Å². The maximum Gasteiger partial charge on any atom is 0.267 e. The minimum Gasteiger partial charge on any atom is -0.392 e. The van der Waals surface area contributed by atoms with E-state index in [1.54, 1.807) is 30.3 Å². The molecule has 0 unspecified atom stereocenters. The normalized spacial score (nSPS) is 10.6. The second-order valence-corrected chi connectivity index (χ2v) is 6.30. The number of aromatic nitrogens is 1. The van der Waals surface area contributed by atoms with Crippen LogP contribution in [0.3, 0.4) is 0 Å². The standard InChI is InChI=1S/C18H15FN2O2S/c1-11-6-7-12(10-22)8-15(11)21-17(23)16-9-20-18(24-16)13-4-2-3-5-14(13)19/h2-9,22H,10H2,1H3,(H,21,23). The molecule has 0 radical (unpaired) electrons. The number of amides is 1. The van der Waals surface area contributed by atoms with Crippen LogP contribution in [-0.4, -0.2) is 16.0 Å². The van der Waals surface area contributed by atoms with E-state index in [9.17, 15) is 14.3 Å². The van der Waals surface area contributed by atoms with Gasteiger partial charge in [-0.1, -0.05) is 24.3 Å². The molecule has 0 atom stereocenters. The molecule has 1 amide bonds. The Morgan fingerprint density at radius 1 is 1.29 bits per heavy atom. The van der Waals surface area contributed by atoms with Crippen LogP contribution in [0.5, 0.6) is 0 Å². The molecule has 4 nitrogen and oxygen atoms in total. The summed E-state index contributed by atoms with van der Waals surface area (Å²) in [7, 11) is 0. The molecule has 0 aliphatic heterocycles. The number of aryl methyl sites for hydroxylation is 1. The number of aliphatic hydroxyl groups excluding tert-OH is 1. The maximum atomic E-state index is 13.8. The average molecular weight is 342 g/mol. The molecule has 0 spiro atoms. The van der Waals surface area contributed by atoms with Crippen molar-refractivity contribution < 1.29 is 14.3 Å². The van der Waals surface area contributed by atoms with Crippen LogP contribution in [0.15, 0.2) is 48.7 Å². The number of aliphatic hydroxyl groups is 1. The minimum atomic E-state index is -0.370. The van der Waals surface area contributed by atoms with E-state index in [1.807, 2.05) is 13.0 Å². The highest BCUT2D eigenvalue weighted by Crippen LogP contribution is 2.28. The molecule has 0 aliphatic carbocycles. The van der Waals surface area contributed by atoms with Crippen LogP contribution in [0.2, 0.25) is 0 Å². The number of anilines is 1. The fourth-order valence-corrected chi connectivity index (χ4v) is 3.06. The third-order valence-corrected chi connectivity index (χ3v) is 4.60. The van der Waals surface area contributed by atoms with E-state index >= 15 is 0 Å². The molecular weight excluding hydrogens is 327 g/mol. The average Bonchev–Trinajstić information content (AvgIpc) is 3.07. The van der Waals surface area contributed by atoms with Gasteiger partial charge in [0.25, 0.3) is 5.91 Å². The summed E-state index contributed by atoms with van der Waals surface area (Å²) in [6.45, 7) is 1.77. The first kappa shape index (κ1) is 16.3. The van der Waals surface area contributed by atoms with Crippen molar-refractivity contribution in [1.29, 1.82) is 0 Å². The second kappa shape index (κ2) is 6.90. The van der Waals surface area contributed by atoms with Crippen LogP contribution in [0.25, 0.3) is 10.6 Å². The van der Waals surface area contributed by atoms with Crippen molar-refractivity contribution >= 4 is 22.9 Å². The lowest BCUT2D eigenvalue weighted by molar-refractivity contribution is 0.103. The molecule has 0 saturated heterocycles. The zero-order chi connectivity index (χ0) is 17.1. The predicted molar refractivity (Wildman–Crippen MR) is 92.6 cm³/mol. The monoisotopic (exact) mass is 342 g/mol. The van der Waals surface area contributed by atoms with Gasteiger partial charge in [0.1, 0.15) is 15.7 Å². The molecule has 0 aliphatic rings. The van der Waals surface area contributed by atoms with E-state index in [4.69, 9.17) is 0 Å². The van der Waals surface area contributed by atoms with Crippen molar-refractivity contribution in [2.24, 2.45) is 0 Å². The van der Waals surface area contributed by atoms with Gasteiger partial charge in [-0.25, -0.2) is 9.37 Å². The molecule has 1 heterocycles. The number of nitrogens with one attached hydrogen (secondary N) is 1. The van der Waals surface area contributed by atoms with Gasteiger partial charge >= 0.3 is 0 Å². The van der Waals surface area contributed by atoms with E-state index in [0.29, 0.717) is 26.7 Å². The first-order chi connectivity index (χ1) is 11.6. The lowest BCUT2D eigenvalue weighted by Crippen LogP contribution is -2.11. The van der Waals surface area contributed by atoms with Crippen molar-refractivity contribution in [3.05, 3.63) is 70.5 Å². The summed E-state index contributed by atoms with van der Waals surface area (Å²) >= 11 is 1.13. The Morgan fingerprint density at radius 3 is 2.83 bits per heavy atom. The molecule has 1 aromatic heterocycles. The Bertz CT molecular complexity index is 892. The minimum absolute atomic E-state index is 0.0961. The van der Waals surface area contributed by atoms with Gasteiger partial charge in [-0.15, -0.1) is 11.3 Å². The zero-order valence-electron chi connectivity index (χ0n) is 12.9. The van der Waals surface area contributed by atoms with Gasteiger partial charge in [-0.2, -0.15) is 0 Å². The van der Waals surface area contributed by atoms with Gasteiger partial charge in [0.2, 0.25) is 0 Å². The van der Waals surface area contributed by atoms with Crippen LogP contribution in [0.4, 0.5) is 10.1 Å². The van der Waals surface area contributed by atoms with Crippen LogP contribution in [-0.2, 0) is 6.61 Å². The number of carbonyl (C=O) groups is 1. The number of rotatable bonds is 4. The van der Waals surface area contributed by atoms with Gasteiger partial charge in [0.15, 0.2) is 0 Å². The molecule has 6 heteroatoms. The number of hydrogen-bond donors (Lipinski definition) is 2. The Kier molecular flexibility index (Phi) is 4.69. The molecule has 0 fully saturated rings. The third-order valence-electron chi connectivity index (χ3n) is 3.57. The number of halogens is 1.